The lowest BCUT2D eigenvalue weighted by Gasteiger charge is -2.32. The predicted octanol–water partition coefficient (Wildman–Crippen LogP) is 3.33. The van der Waals surface area contributed by atoms with Gasteiger partial charge in [0.1, 0.15) is 0 Å². The van der Waals surface area contributed by atoms with Gasteiger partial charge < -0.3 is 14.7 Å². The Bertz CT molecular complexity index is 884. The summed E-state index contributed by atoms with van der Waals surface area (Å²) >= 11 is 0. The Morgan fingerprint density at radius 3 is 2.35 bits per heavy atom. The van der Waals surface area contributed by atoms with Gasteiger partial charge in [-0.1, -0.05) is 42.5 Å². The normalized spacial score (nSPS) is 15.6. The molecule has 0 atom stereocenters. The minimum absolute atomic E-state index is 0.0432. The standard InChI is InChI=1S/C26H36N4O/c1-27(2)15-18-29(4)25-12-8-7-11-24(25)26(31)14-13-22-9-5-6-10-23(22)21-30-19-16-28(3)17-20-30/h5-14H,15-21H2,1-4H3/b14-13+. The van der Waals surface area contributed by atoms with Gasteiger partial charge in [0.05, 0.1) is 0 Å². The van der Waals surface area contributed by atoms with Crippen LogP contribution < -0.4 is 4.90 Å². The molecule has 0 unspecified atom stereocenters. The first-order valence-electron chi connectivity index (χ1n) is 11.1. The number of carbonyl (C=O) groups excluding carboxylic acids is 1. The molecule has 0 spiro atoms. The molecule has 1 saturated heterocycles. The summed E-state index contributed by atoms with van der Waals surface area (Å²) in [5.74, 6) is 0.0432. The third-order valence-electron chi connectivity index (χ3n) is 5.92. The zero-order valence-corrected chi connectivity index (χ0v) is 19.4. The SMILES string of the molecule is CN(C)CCN(C)c1ccccc1C(=O)/C=C/c1ccccc1CN1CCN(C)CC1. The van der Waals surface area contributed by atoms with Crippen LogP contribution in [0, 0.1) is 0 Å². The molecule has 1 aliphatic heterocycles. The molecule has 0 amide bonds. The summed E-state index contributed by atoms with van der Waals surface area (Å²) in [4.78, 5) is 22.2. The highest BCUT2D eigenvalue weighted by Gasteiger charge is 2.15. The second kappa shape index (κ2) is 11.2. The zero-order valence-electron chi connectivity index (χ0n) is 19.4. The molecular formula is C26H36N4O. The lowest BCUT2D eigenvalue weighted by Crippen LogP contribution is -2.43. The highest BCUT2D eigenvalue weighted by atomic mass is 16.1. The molecule has 5 nitrogen and oxygen atoms in total. The molecule has 0 aromatic heterocycles. The molecular weight excluding hydrogens is 384 g/mol. The fraction of sp³-hybridized carbons (Fsp3) is 0.423. The average molecular weight is 421 g/mol. The number of nitrogens with zero attached hydrogens (tertiary/aromatic N) is 4. The van der Waals surface area contributed by atoms with E-state index < -0.39 is 0 Å². The van der Waals surface area contributed by atoms with Gasteiger partial charge in [0.25, 0.3) is 0 Å². The number of para-hydroxylation sites is 1. The van der Waals surface area contributed by atoms with Crippen LogP contribution in [0.2, 0.25) is 0 Å². The van der Waals surface area contributed by atoms with E-state index in [9.17, 15) is 4.79 Å². The van der Waals surface area contributed by atoms with Crippen LogP contribution in [0.25, 0.3) is 6.08 Å². The molecule has 0 radical (unpaired) electrons. The van der Waals surface area contributed by atoms with Crippen molar-refractivity contribution >= 4 is 17.5 Å². The van der Waals surface area contributed by atoms with Crippen molar-refractivity contribution in [2.45, 2.75) is 6.54 Å². The van der Waals surface area contributed by atoms with Crippen molar-refractivity contribution < 1.29 is 4.79 Å². The van der Waals surface area contributed by atoms with E-state index in [4.69, 9.17) is 0 Å². The molecule has 1 fully saturated rings. The summed E-state index contributed by atoms with van der Waals surface area (Å²) in [6, 6.07) is 16.3. The van der Waals surface area contributed by atoms with Crippen molar-refractivity contribution in [3.8, 4) is 0 Å². The Morgan fingerprint density at radius 1 is 0.935 bits per heavy atom. The number of carbonyl (C=O) groups is 1. The molecule has 5 heteroatoms. The number of hydrogen-bond donors (Lipinski definition) is 0. The Hall–Kier alpha value is -2.47. The van der Waals surface area contributed by atoms with Crippen LogP contribution in [0.1, 0.15) is 21.5 Å². The molecule has 3 rings (SSSR count). The van der Waals surface area contributed by atoms with Crippen molar-refractivity contribution in [3.05, 3.63) is 71.3 Å². The van der Waals surface area contributed by atoms with Gasteiger partial charge in [0.15, 0.2) is 5.78 Å². The van der Waals surface area contributed by atoms with Crippen LogP contribution in [-0.2, 0) is 6.54 Å². The highest BCUT2D eigenvalue weighted by molar-refractivity contribution is 6.10. The largest absolute Gasteiger partial charge is 0.373 e. The van der Waals surface area contributed by atoms with Gasteiger partial charge in [0.2, 0.25) is 0 Å². The first-order chi connectivity index (χ1) is 14.9. The smallest absolute Gasteiger partial charge is 0.187 e. The van der Waals surface area contributed by atoms with Gasteiger partial charge in [-0.25, -0.2) is 0 Å². The molecule has 0 bridgehead atoms. The summed E-state index contributed by atoms with van der Waals surface area (Å²) in [5, 5.41) is 0. The quantitative estimate of drug-likeness (QED) is 0.459. The van der Waals surface area contributed by atoms with Crippen LogP contribution in [0.4, 0.5) is 5.69 Å². The molecule has 2 aromatic carbocycles. The number of anilines is 1. The molecule has 166 valence electrons. The zero-order chi connectivity index (χ0) is 22.2. The Kier molecular flexibility index (Phi) is 8.41. The predicted molar refractivity (Wildman–Crippen MR) is 131 cm³/mol. The van der Waals surface area contributed by atoms with Crippen LogP contribution in [0.3, 0.4) is 0 Å². The summed E-state index contributed by atoms with van der Waals surface area (Å²) in [6.07, 6.45) is 3.70. The van der Waals surface area contributed by atoms with E-state index in [1.165, 1.54) is 5.56 Å². The second-order valence-corrected chi connectivity index (χ2v) is 8.72. The Labute approximate surface area is 187 Å². The summed E-state index contributed by atoms with van der Waals surface area (Å²) in [6.45, 7) is 7.11. The van der Waals surface area contributed by atoms with Gasteiger partial charge in [-0.2, -0.15) is 0 Å². The molecule has 31 heavy (non-hydrogen) atoms. The molecule has 0 N–H and O–H groups in total. The van der Waals surface area contributed by atoms with Crippen LogP contribution in [0.5, 0.6) is 0 Å². The van der Waals surface area contributed by atoms with Crippen LogP contribution in [-0.4, -0.2) is 87.9 Å². The van der Waals surface area contributed by atoms with Crippen molar-refractivity contribution in [3.63, 3.8) is 0 Å². The van der Waals surface area contributed by atoms with E-state index >= 15 is 0 Å². The van der Waals surface area contributed by atoms with Crippen molar-refractivity contribution in [1.29, 1.82) is 0 Å². The van der Waals surface area contributed by atoms with E-state index in [0.29, 0.717) is 0 Å². The third-order valence-corrected chi connectivity index (χ3v) is 5.92. The molecule has 0 aliphatic carbocycles. The maximum atomic E-state index is 13.1. The maximum Gasteiger partial charge on any atom is 0.187 e. The maximum absolute atomic E-state index is 13.1. The van der Waals surface area contributed by atoms with E-state index in [0.717, 1.165) is 62.6 Å². The Balaban J connectivity index is 1.72. The second-order valence-electron chi connectivity index (χ2n) is 8.72. The third kappa shape index (κ3) is 6.76. The molecule has 0 saturated carbocycles. The van der Waals surface area contributed by atoms with Gasteiger partial charge in [-0.3, -0.25) is 9.69 Å². The van der Waals surface area contributed by atoms with E-state index in [-0.39, 0.29) is 5.78 Å². The van der Waals surface area contributed by atoms with Crippen LogP contribution in [0.15, 0.2) is 54.6 Å². The monoisotopic (exact) mass is 420 g/mol. The lowest BCUT2D eigenvalue weighted by molar-refractivity contribution is 0.104. The minimum Gasteiger partial charge on any atom is -0.373 e. The topological polar surface area (TPSA) is 30.0 Å². The van der Waals surface area contributed by atoms with Crippen LogP contribution >= 0.6 is 0 Å². The van der Waals surface area contributed by atoms with Crippen molar-refractivity contribution in [1.82, 2.24) is 14.7 Å². The minimum atomic E-state index is 0.0432. The fourth-order valence-corrected chi connectivity index (χ4v) is 3.83. The van der Waals surface area contributed by atoms with Crippen molar-refractivity contribution in [2.24, 2.45) is 0 Å². The summed E-state index contributed by atoms with van der Waals surface area (Å²) in [5.41, 5.74) is 4.11. The number of allylic oxidation sites excluding steroid dienone is 1. The lowest BCUT2D eigenvalue weighted by atomic mass is 10.0. The molecule has 1 heterocycles. The van der Waals surface area contributed by atoms with Gasteiger partial charge in [0, 0.05) is 64.1 Å². The number of ketones is 1. The average Bonchev–Trinajstić information content (AvgIpc) is 2.78. The Morgan fingerprint density at radius 2 is 1.61 bits per heavy atom. The first kappa shape index (κ1) is 23.2. The van der Waals surface area contributed by atoms with Gasteiger partial charge >= 0.3 is 0 Å². The summed E-state index contributed by atoms with van der Waals surface area (Å²) in [7, 11) is 8.35. The first-order valence-corrected chi connectivity index (χ1v) is 11.1. The number of hydrogen-bond acceptors (Lipinski definition) is 5. The number of rotatable bonds is 9. The molecule has 2 aromatic rings. The van der Waals surface area contributed by atoms with E-state index in [2.05, 4.69) is 58.9 Å². The van der Waals surface area contributed by atoms with E-state index in [1.54, 1.807) is 6.08 Å². The van der Waals surface area contributed by atoms with Gasteiger partial charge in [-0.05, 0) is 50.5 Å². The number of piperazine rings is 1. The van der Waals surface area contributed by atoms with E-state index in [1.807, 2.05) is 43.5 Å². The van der Waals surface area contributed by atoms with Crippen molar-refractivity contribution in [2.75, 3.05) is 72.4 Å². The number of benzene rings is 2. The van der Waals surface area contributed by atoms with Gasteiger partial charge in [-0.15, -0.1) is 0 Å². The summed E-state index contributed by atoms with van der Waals surface area (Å²) < 4.78 is 0. The number of likely N-dealkylation sites (N-methyl/N-ethyl adjacent to an activating group) is 3. The fourth-order valence-electron chi connectivity index (χ4n) is 3.83. The molecule has 1 aliphatic rings. The highest BCUT2D eigenvalue weighted by Crippen LogP contribution is 2.21.